The van der Waals surface area contributed by atoms with E-state index in [4.69, 9.17) is 0 Å². The molecule has 2 aromatic heterocycles. The van der Waals surface area contributed by atoms with Gasteiger partial charge in [0.25, 0.3) is 0 Å². The number of nitriles is 6. The standard InChI is InChI=1S/C42H18N8/c43-19-25-2-1-3-30(14-25)31-12-13-37(49-38-15-26(20-44)4-8-32(38)33-9-5-27(21-45)16-39(33)49)36(24-48)42(31)50-40-17-28(22-46)6-10-34(40)35-11-7-29(23-47)18-41(35)50/h1-18H. The molecular weight excluding hydrogens is 617 g/mol. The van der Waals surface area contributed by atoms with Crippen molar-refractivity contribution in [1.29, 1.82) is 31.6 Å². The maximum absolute atomic E-state index is 11.2. The Bertz CT molecular complexity index is 2920. The van der Waals surface area contributed by atoms with Crippen LogP contribution in [0.3, 0.4) is 0 Å². The number of fused-ring (bicyclic) bond motifs is 6. The second-order valence-corrected chi connectivity index (χ2v) is 11.7. The Kier molecular flexibility index (Phi) is 6.60. The van der Waals surface area contributed by atoms with E-state index < -0.39 is 0 Å². The minimum Gasteiger partial charge on any atom is -0.308 e. The molecule has 0 amide bonds. The molecule has 8 aromatic rings. The summed E-state index contributed by atoms with van der Waals surface area (Å²) < 4.78 is 3.82. The first-order chi connectivity index (χ1) is 24.5. The van der Waals surface area contributed by atoms with E-state index in [9.17, 15) is 31.6 Å². The van der Waals surface area contributed by atoms with Crippen LogP contribution in [0.2, 0.25) is 0 Å². The fourth-order valence-electron chi connectivity index (χ4n) is 6.91. The van der Waals surface area contributed by atoms with Crippen molar-refractivity contribution in [3.63, 3.8) is 0 Å². The van der Waals surface area contributed by atoms with Gasteiger partial charge in [0.2, 0.25) is 0 Å². The number of hydrogen-bond acceptors (Lipinski definition) is 6. The van der Waals surface area contributed by atoms with Crippen molar-refractivity contribution >= 4 is 43.6 Å². The Balaban J connectivity index is 1.61. The van der Waals surface area contributed by atoms with Gasteiger partial charge in [0.05, 0.1) is 91.6 Å². The predicted molar refractivity (Wildman–Crippen MR) is 189 cm³/mol. The van der Waals surface area contributed by atoms with E-state index in [1.54, 1.807) is 66.7 Å². The van der Waals surface area contributed by atoms with Gasteiger partial charge in [-0.3, -0.25) is 0 Å². The maximum Gasteiger partial charge on any atom is 0.104 e. The molecule has 8 rings (SSSR count). The van der Waals surface area contributed by atoms with Gasteiger partial charge in [0.1, 0.15) is 11.6 Å². The number of benzene rings is 6. The number of rotatable bonds is 3. The van der Waals surface area contributed by atoms with E-state index in [1.807, 2.05) is 51.6 Å². The highest BCUT2D eigenvalue weighted by Gasteiger charge is 2.25. The molecule has 6 aromatic carbocycles. The summed E-state index contributed by atoms with van der Waals surface area (Å²) in [6, 6.07) is 45.9. The molecule has 50 heavy (non-hydrogen) atoms. The third kappa shape index (κ3) is 4.26. The van der Waals surface area contributed by atoms with Crippen LogP contribution in [0, 0.1) is 68.0 Å². The summed E-state index contributed by atoms with van der Waals surface area (Å²) in [6.45, 7) is 0. The zero-order valence-corrected chi connectivity index (χ0v) is 26.0. The maximum atomic E-state index is 11.2. The van der Waals surface area contributed by atoms with E-state index in [0.29, 0.717) is 72.4 Å². The van der Waals surface area contributed by atoms with Crippen LogP contribution in [-0.4, -0.2) is 9.13 Å². The Morgan fingerprint density at radius 2 is 0.800 bits per heavy atom. The molecule has 0 spiro atoms. The lowest BCUT2D eigenvalue weighted by atomic mass is 9.96. The normalized spacial score (nSPS) is 10.7. The monoisotopic (exact) mass is 634 g/mol. The lowest BCUT2D eigenvalue weighted by Crippen LogP contribution is -2.06. The van der Waals surface area contributed by atoms with Crippen molar-refractivity contribution in [2.45, 2.75) is 0 Å². The zero-order valence-electron chi connectivity index (χ0n) is 26.0. The number of hydrogen-bond donors (Lipinski definition) is 0. The molecule has 2 heterocycles. The average Bonchev–Trinajstić information content (AvgIpc) is 3.67. The first kappa shape index (κ1) is 29.3. The van der Waals surface area contributed by atoms with Gasteiger partial charge in [-0.2, -0.15) is 31.6 Å². The lowest BCUT2D eigenvalue weighted by Gasteiger charge is -2.20. The SMILES string of the molecule is N#Cc1cccc(-c2ccc(-n3c4cc(C#N)ccc4c4ccc(C#N)cc43)c(C#N)c2-n2c3cc(C#N)ccc3c3ccc(C#N)cc32)c1. The smallest absolute Gasteiger partial charge is 0.104 e. The Hall–Kier alpha value is -8.14. The van der Waals surface area contributed by atoms with Gasteiger partial charge < -0.3 is 9.13 Å². The van der Waals surface area contributed by atoms with Crippen LogP contribution in [0.15, 0.2) is 109 Å². The summed E-state index contributed by atoms with van der Waals surface area (Å²) in [5, 5.41) is 63.9. The predicted octanol–water partition coefficient (Wildman–Crippen LogP) is 8.78. The number of nitrogens with zero attached hydrogens (tertiary/aromatic N) is 8. The summed E-state index contributed by atoms with van der Waals surface area (Å²) >= 11 is 0. The van der Waals surface area contributed by atoms with E-state index in [2.05, 4.69) is 36.4 Å². The topological polar surface area (TPSA) is 153 Å². The molecule has 226 valence electrons. The van der Waals surface area contributed by atoms with Crippen molar-refractivity contribution in [1.82, 2.24) is 9.13 Å². The van der Waals surface area contributed by atoms with Crippen molar-refractivity contribution in [2.75, 3.05) is 0 Å². The van der Waals surface area contributed by atoms with Crippen molar-refractivity contribution in [2.24, 2.45) is 0 Å². The van der Waals surface area contributed by atoms with Gasteiger partial charge in [-0.1, -0.05) is 42.5 Å². The highest BCUT2D eigenvalue weighted by molar-refractivity contribution is 6.12. The van der Waals surface area contributed by atoms with Crippen LogP contribution in [0.1, 0.15) is 33.4 Å². The van der Waals surface area contributed by atoms with Crippen LogP contribution in [0.25, 0.3) is 66.1 Å². The van der Waals surface area contributed by atoms with Crippen molar-refractivity contribution < 1.29 is 0 Å². The molecule has 0 saturated heterocycles. The Morgan fingerprint density at radius 3 is 1.22 bits per heavy atom. The number of aromatic nitrogens is 2. The second-order valence-electron chi connectivity index (χ2n) is 11.7. The summed E-state index contributed by atoms with van der Waals surface area (Å²) in [6.07, 6.45) is 0. The molecule has 0 N–H and O–H groups in total. The third-order valence-electron chi connectivity index (χ3n) is 9.09. The van der Waals surface area contributed by atoms with Crippen LogP contribution in [-0.2, 0) is 0 Å². The molecule has 0 saturated carbocycles. The van der Waals surface area contributed by atoms with Gasteiger partial charge in [-0.05, 0) is 72.3 Å². The van der Waals surface area contributed by atoms with Gasteiger partial charge in [-0.15, -0.1) is 0 Å². The quantitative estimate of drug-likeness (QED) is 0.189. The Labute approximate surface area is 285 Å². The molecule has 0 bridgehead atoms. The molecule has 0 atom stereocenters. The summed E-state index contributed by atoms with van der Waals surface area (Å²) in [7, 11) is 0. The van der Waals surface area contributed by atoms with E-state index >= 15 is 0 Å². The summed E-state index contributed by atoms with van der Waals surface area (Å²) in [5.41, 5.74) is 7.36. The molecule has 8 nitrogen and oxygen atoms in total. The van der Waals surface area contributed by atoms with E-state index in [-0.39, 0.29) is 5.56 Å². The first-order valence-electron chi connectivity index (χ1n) is 15.4. The molecular formula is C42H18N8. The molecule has 0 radical (unpaired) electrons. The Morgan fingerprint density at radius 1 is 0.380 bits per heavy atom. The largest absolute Gasteiger partial charge is 0.308 e. The minimum absolute atomic E-state index is 0.261. The molecule has 0 aliphatic rings. The average molecular weight is 635 g/mol. The highest BCUT2D eigenvalue weighted by atomic mass is 15.0. The van der Waals surface area contributed by atoms with Gasteiger partial charge in [-0.25, -0.2) is 0 Å². The highest BCUT2D eigenvalue weighted by Crippen LogP contribution is 2.42. The van der Waals surface area contributed by atoms with Gasteiger partial charge >= 0.3 is 0 Å². The first-order valence-corrected chi connectivity index (χ1v) is 15.4. The zero-order chi connectivity index (χ0) is 34.5. The van der Waals surface area contributed by atoms with Crippen molar-refractivity contribution in [3.8, 4) is 58.9 Å². The summed E-state index contributed by atoms with van der Waals surface area (Å²) in [4.78, 5) is 0. The van der Waals surface area contributed by atoms with Crippen molar-refractivity contribution in [3.05, 3.63) is 143 Å². The van der Waals surface area contributed by atoms with E-state index in [1.165, 1.54) is 0 Å². The molecule has 0 aliphatic heterocycles. The molecule has 0 unspecified atom stereocenters. The van der Waals surface area contributed by atoms with Gasteiger partial charge in [0, 0.05) is 27.1 Å². The molecule has 0 fully saturated rings. The third-order valence-corrected chi connectivity index (χ3v) is 9.09. The molecule has 0 aliphatic carbocycles. The van der Waals surface area contributed by atoms with Crippen LogP contribution < -0.4 is 0 Å². The lowest BCUT2D eigenvalue weighted by molar-refractivity contribution is 1.12. The van der Waals surface area contributed by atoms with Crippen LogP contribution in [0.5, 0.6) is 0 Å². The summed E-state index contributed by atoms with van der Waals surface area (Å²) in [5.74, 6) is 0. The fraction of sp³-hybridized carbons (Fsp3) is 0. The van der Waals surface area contributed by atoms with Crippen LogP contribution in [0.4, 0.5) is 0 Å². The van der Waals surface area contributed by atoms with Gasteiger partial charge in [0.15, 0.2) is 0 Å². The van der Waals surface area contributed by atoms with Crippen LogP contribution >= 0.6 is 0 Å². The minimum atomic E-state index is 0.261. The fourth-order valence-corrected chi connectivity index (χ4v) is 6.91. The van der Waals surface area contributed by atoms with E-state index in [0.717, 1.165) is 21.5 Å². The second kappa shape index (κ2) is 11.3. The molecule has 8 heteroatoms.